The van der Waals surface area contributed by atoms with E-state index in [1.165, 1.54) is 11.0 Å². The van der Waals surface area contributed by atoms with E-state index in [2.05, 4.69) is 6.92 Å². The minimum Gasteiger partial charge on any atom is -0.493 e. The van der Waals surface area contributed by atoms with Gasteiger partial charge in [0, 0.05) is 10.7 Å². The normalized spacial score (nSPS) is 14.3. The maximum absolute atomic E-state index is 13.9. The van der Waals surface area contributed by atoms with Gasteiger partial charge in [0.2, 0.25) is 5.76 Å². The Bertz CT molecular complexity index is 1660. The van der Waals surface area contributed by atoms with Crippen molar-refractivity contribution in [3.63, 3.8) is 0 Å². The number of rotatable bonds is 10. The van der Waals surface area contributed by atoms with Crippen LogP contribution in [0.2, 0.25) is 5.02 Å². The molecular weight excluding hydrogens is 546 g/mol. The van der Waals surface area contributed by atoms with E-state index in [0.717, 1.165) is 19.3 Å². The van der Waals surface area contributed by atoms with Gasteiger partial charge in [0.05, 0.1) is 42.9 Å². The molecule has 1 aromatic heterocycles. The molecule has 1 amide bonds. The van der Waals surface area contributed by atoms with Gasteiger partial charge in [-0.05, 0) is 73.5 Å². The molecule has 0 saturated carbocycles. The highest BCUT2D eigenvalue weighted by Crippen LogP contribution is 2.43. The number of carbonyl (C=O) groups excluding carboxylic acids is 2. The lowest BCUT2D eigenvalue weighted by Crippen LogP contribution is -2.29. The first-order valence-electron chi connectivity index (χ1n) is 13.6. The third-order valence-corrected chi connectivity index (χ3v) is 7.23. The maximum Gasteiger partial charge on any atom is 0.338 e. The monoisotopic (exact) mass is 575 g/mol. The number of fused-ring (bicyclic) bond motifs is 2. The number of carbonyl (C=O) groups is 2. The largest absolute Gasteiger partial charge is 0.493 e. The van der Waals surface area contributed by atoms with E-state index in [4.69, 9.17) is 30.2 Å². The molecule has 0 saturated heterocycles. The van der Waals surface area contributed by atoms with Crippen molar-refractivity contribution in [2.24, 2.45) is 0 Å². The molecule has 41 heavy (non-hydrogen) atoms. The number of esters is 1. The van der Waals surface area contributed by atoms with Crippen LogP contribution in [0.5, 0.6) is 11.5 Å². The Balaban J connectivity index is 1.64. The van der Waals surface area contributed by atoms with Crippen LogP contribution >= 0.6 is 11.6 Å². The van der Waals surface area contributed by atoms with Crippen LogP contribution in [-0.4, -0.2) is 32.2 Å². The quantitative estimate of drug-likeness (QED) is 0.149. The van der Waals surface area contributed by atoms with Gasteiger partial charge in [0.25, 0.3) is 5.91 Å². The molecule has 1 unspecified atom stereocenters. The molecule has 4 aromatic rings. The summed E-state index contributed by atoms with van der Waals surface area (Å²) in [5.74, 6) is 0.0426. The minimum atomic E-state index is -0.839. The smallest absolute Gasteiger partial charge is 0.338 e. The molecule has 0 spiro atoms. The number of hydrogen-bond acceptors (Lipinski definition) is 7. The molecule has 0 radical (unpaired) electrons. The molecular formula is C32H30ClNO7. The Morgan fingerprint density at radius 3 is 2.46 bits per heavy atom. The van der Waals surface area contributed by atoms with Crippen molar-refractivity contribution in [1.82, 2.24) is 0 Å². The van der Waals surface area contributed by atoms with E-state index in [-0.39, 0.29) is 34.3 Å². The number of ether oxygens (including phenoxy) is 3. The summed E-state index contributed by atoms with van der Waals surface area (Å²) in [5, 5.41) is 0.652. The summed E-state index contributed by atoms with van der Waals surface area (Å²) in [5.41, 5.74) is 1.54. The van der Waals surface area contributed by atoms with Gasteiger partial charge in [-0.2, -0.15) is 0 Å². The van der Waals surface area contributed by atoms with Crippen molar-refractivity contribution in [2.45, 2.75) is 39.2 Å². The predicted molar refractivity (Wildman–Crippen MR) is 157 cm³/mol. The summed E-state index contributed by atoms with van der Waals surface area (Å²) in [6.45, 7) is 4.64. The van der Waals surface area contributed by atoms with Gasteiger partial charge in [-0.1, -0.05) is 37.4 Å². The van der Waals surface area contributed by atoms with E-state index in [0.29, 0.717) is 39.9 Å². The Morgan fingerprint density at radius 1 is 0.976 bits per heavy atom. The van der Waals surface area contributed by atoms with Gasteiger partial charge < -0.3 is 18.6 Å². The lowest BCUT2D eigenvalue weighted by molar-refractivity contribution is 0.0526. The first-order valence-corrected chi connectivity index (χ1v) is 13.9. The van der Waals surface area contributed by atoms with E-state index in [1.807, 2.05) is 6.07 Å². The lowest BCUT2D eigenvalue weighted by Gasteiger charge is -2.26. The van der Waals surface area contributed by atoms with Gasteiger partial charge in [0.1, 0.15) is 5.58 Å². The van der Waals surface area contributed by atoms with E-state index >= 15 is 0 Å². The third-order valence-electron chi connectivity index (χ3n) is 7.00. The van der Waals surface area contributed by atoms with Crippen molar-refractivity contribution in [1.29, 1.82) is 0 Å². The average molecular weight is 576 g/mol. The molecule has 0 aliphatic carbocycles. The second kappa shape index (κ2) is 12.1. The molecule has 9 heteroatoms. The SMILES string of the molecule is CCCCCOc1ccc(C2c3c(oc4ccc(Cl)cc4c3=O)C(=O)N2c2ccc(C(=O)OCC)cc2)cc1OC. The first-order chi connectivity index (χ1) is 19.9. The number of anilines is 1. The van der Waals surface area contributed by atoms with Gasteiger partial charge >= 0.3 is 5.97 Å². The Kier molecular flexibility index (Phi) is 8.31. The molecule has 1 atom stereocenters. The maximum atomic E-state index is 13.9. The van der Waals surface area contributed by atoms with Crippen LogP contribution in [0.4, 0.5) is 5.69 Å². The Hall–Kier alpha value is -4.30. The lowest BCUT2D eigenvalue weighted by atomic mass is 9.97. The Labute approximate surface area is 242 Å². The van der Waals surface area contributed by atoms with E-state index in [1.54, 1.807) is 62.6 Å². The van der Waals surface area contributed by atoms with Crippen molar-refractivity contribution >= 4 is 40.1 Å². The fourth-order valence-electron chi connectivity index (χ4n) is 5.01. The number of hydrogen-bond donors (Lipinski definition) is 0. The highest BCUT2D eigenvalue weighted by atomic mass is 35.5. The average Bonchev–Trinajstić information content (AvgIpc) is 3.28. The number of benzene rings is 3. The zero-order chi connectivity index (χ0) is 29.1. The number of halogens is 1. The molecule has 0 N–H and O–H groups in total. The summed E-state index contributed by atoms with van der Waals surface area (Å²) >= 11 is 6.20. The highest BCUT2D eigenvalue weighted by molar-refractivity contribution is 6.31. The minimum absolute atomic E-state index is 0.0526. The topological polar surface area (TPSA) is 95.3 Å². The van der Waals surface area contributed by atoms with Crippen LogP contribution in [0.1, 0.15) is 71.2 Å². The number of nitrogens with zero attached hydrogens (tertiary/aromatic N) is 1. The van der Waals surface area contributed by atoms with Crippen LogP contribution < -0.4 is 19.8 Å². The van der Waals surface area contributed by atoms with Gasteiger partial charge in [-0.25, -0.2) is 4.79 Å². The molecule has 1 aliphatic rings. The summed E-state index contributed by atoms with van der Waals surface area (Å²) in [4.78, 5) is 41.5. The molecule has 0 fully saturated rings. The second-order valence-corrected chi connectivity index (χ2v) is 10.1. The van der Waals surface area contributed by atoms with E-state index in [9.17, 15) is 14.4 Å². The van der Waals surface area contributed by atoms with Crippen LogP contribution in [0.15, 0.2) is 69.9 Å². The summed E-state index contributed by atoms with van der Waals surface area (Å²) in [6.07, 6.45) is 3.05. The van der Waals surface area contributed by atoms with Crippen molar-refractivity contribution in [3.8, 4) is 11.5 Å². The van der Waals surface area contributed by atoms with E-state index < -0.39 is 17.9 Å². The van der Waals surface area contributed by atoms with Crippen molar-refractivity contribution in [2.75, 3.05) is 25.2 Å². The van der Waals surface area contributed by atoms with Crippen molar-refractivity contribution in [3.05, 3.63) is 98.4 Å². The van der Waals surface area contributed by atoms with Crippen molar-refractivity contribution < 1.29 is 28.2 Å². The van der Waals surface area contributed by atoms with Crippen LogP contribution in [0.25, 0.3) is 11.0 Å². The molecule has 0 bridgehead atoms. The fraction of sp³-hybridized carbons (Fsp3) is 0.281. The molecule has 3 aromatic carbocycles. The number of amides is 1. The molecule has 2 heterocycles. The van der Waals surface area contributed by atoms with Gasteiger partial charge in [-0.15, -0.1) is 0 Å². The fourth-order valence-corrected chi connectivity index (χ4v) is 5.18. The first kappa shape index (κ1) is 28.2. The zero-order valence-electron chi connectivity index (χ0n) is 23.1. The standard InChI is InChI=1S/C32H30ClNO7/c1-4-6-7-16-40-25-14-10-20(17-26(25)38-3)28-27-29(35)23-18-21(33)11-15-24(23)41-30(27)31(36)34(28)22-12-8-19(9-13-22)32(37)39-5-2/h8-15,17-18,28H,4-7,16H2,1-3H3. The van der Waals surface area contributed by atoms with Gasteiger partial charge in [-0.3, -0.25) is 14.5 Å². The molecule has 5 rings (SSSR count). The number of unbranched alkanes of at least 4 members (excludes halogenated alkanes) is 2. The Morgan fingerprint density at radius 2 is 1.76 bits per heavy atom. The summed E-state index contributed by atoms with van der Waals surface area (Å²) in [7, 11) is 1.54. The third kappa shape index (κ3) is 5.39. The summed E-state index contributed by atoms with van der Waals surface area (Å²) in [6, 6.07) is 15.7. The zero-order valence-corrected chi connectivity index (χ0v) is 23.8. The highest BCUT2D eigenvalue weighted by Gasteiger charge is 2.44. The number of methoxy groups -OCH3 is 1. The molecule has 1 aliphatic heterocycles. The molecule has 212 valence electrons. The van der Waals surface area contributed by atoms with Crippen LogP contribution in [0.3, 0.4) is 0 Å². The summed E-state index contributed by atoms with van der Waals surface area (Å²) < 4.78 is 22.7. The van der Waals surface area contributed by atoms with Crippen LogP contribution in [0, 0.1) is 0 Å². The van der Waals surface area contributed by atoms with Crippen LogP contribution in [-0.2, 0) is 4.74 Å². The molecule has 8 nitrogen and oxygen atoms in total. The van der Waals surface area contributed by atoms with Gasteiger partial charge in [0.15, 0.2) is 16.9 Å². The second-order valence-electron chi connectivity index (χ2n) is 9.63. The predicted octanol–water partition coefficient (Wildman–Crippen LogP) is 6.95.